The van der Waals surface area contributed by atoms with E-state index in [0.717, 1.165) is 0 Å². The second-order valence-corrected chi connectivity index (χ2v) is 3.97. The quantitative estimate of drug-likeness (QED) is 0.594. The zero-order valence-electron chi connectivity index (χ0n) is 8.43. The Bertz CT molecular complexity index is 435. The minimum Gasteiger partial charge on any atom is -0.324 e. The number of halogens is 1. The van der Waals surface area contributed by atoms with Crippen molar-refractivity contribution in [1.29, 1.82) is 0 Å². The summed E-state index contributed by atoms with van der Waals surface area (Å²) in [6.07, 6.45) is 5.72. The monoisotopic (exact) mass is 238 g/mol. The maximum absolute atomic E-state index is 11.7. The van der Waals surface area contributed by atoms with Gasteiger partial charge in [0, 0.05) is 12.2 Å². The van der Waals surface area contributed by atoms with Crippen molar-refractivity contribution in [1.82, 2.24) is 9.97 Å². The SMILES string of the molecule is NC1C=CC(C(=O)Nc2nccc(Cl)n2)C1. The average Bonchev–Trinajstić information content (AvgIpc) is 2.65. The maximum Gasteiger partial charge on any atom is 0.233 e. The Morgan fingerprint density at radius 2 is 2.38 bits per heavy atom. The molecule has 0 aliphatic heterocycles. The number of nitrogens with two attached hydrogens (primary N) is 1. The Morgan fingerprint density at radius 1 is 1.56 bits per heavy atom. The van der Waals surface area contributed by atoms with Crippen LogP contribution < -0.4 is 11.1 Å². The molecule has 3 N–H and O–H groups in total. The van der Waals surface area contributed by atoms with E-state index < -0.39 is 0 Å². The summed E-state index contributed by atoms with van der Waals surface area (Å²) in [5.74, 6) is -0.157. The molecule has 2 atom stereocenters. The molecule has 0 saturated heterocycles. The fourth-order valence-corrected chi connectivity index (χ4v) is 1.66. The summed E-state index contributed by atoms with van der Waals surface area (Å²) < 4.78 is 0. The van der Waals surface area contributed by atoms with Crippen LogP contribution in [-0.2, 0) is 4.79 Å². The number of carbonyl (C=O) groups is 1. The molecule has 84 valence electrons. The van der Waals surface area contributed by atoms with E-state index in [4.69, 9.17) is 17.3 Å². The first kappa shape index (κ1) is 11.0. The summed E-state index contributed by atoms with van der Waals surface area (Å²) in [5.41, 5.74) is 5.66. The number of aromatic nitrogens is 2. The molecule has 0 bridgehead atoms. The topological polar surface area (TPSA) is 80.9 Å². The molecule has 6 heteroatoms. The van der Waals surface area contributed by atoms with E-state index in [1.165, 1.54) is 6.20 Å². The second kappa shape index (κ2) is 4.59. The Hall–Kier alpha value is -1.46. The van der Waals surface area contributed by atoms with Gasteiger partial charge in [-0.25, -0.2) is 9.97 Å². The fourth-order valence-electron chi connectivity index (χ4n) is 1.52. The lowest BCUT2D eigenvalue weighted by molar-refractivity contribution is -0.118. The zero-order chi connectivity index (χ0) is 11.5. The molecule has 0 saturated carbocycles. The Balaban J connectivity index is 2.00. The van der Waals surface area contributed by atoms with Crippen LogP contribution in [0.25, 0.3) is 0 Å². The van der Waals surface area contributed by atoms with Crippen molar-refractivity contribution in [3.8, 4) is 0 Å². The molecule has 5 nitrogen and oxygen atoms in total. The first-order valence-corrected chi connectivity index (χ1v) is 5.26. The lowest BCUT2D eigenvalue weighted by Crippen LogP contribution is -2.24. The Morgan fingerprint density at radius 3 is 3.00 bits per heavy atom. The fraction of sp³-hybridized carbons (Fsp3) is 0.300. The van der Waals surface area contributed by atoms with E-state index >= 15 is 0 Å². The van der Waals surface area contributed by atoms with Crippen LogP contribution in [0.4, 0.5) is 5.95 Å². The summed E-state index contributed by atoms with van der Waals surface area (Å²) in [7, 11) is 0. The molecule has 0 aromatic carbocycles. The molecule has 2 unspecified atom stereocenters. The molecule has 1 aliphatic rings. The van der Waals surface area contributed by atoms with Gasteiger partial charge in [0.15, 0.2) is 0 Å². The average molecular weight is 239 g/mol. The number of hydrogen-bond donors (Lipinski definition) is 2. The van der Waals surface area contributed by atoms with Gasteiger partial charge >= 0.3 is 0 Å². The molecule has 1 heterocycles. The molecule has 0 spiro atoms. The molecule has 0 radical (unpaired) electrons. The van der Waals surface area contributed by atoms with E-state index in [9.17, 15) is 4.79 Å². The number of amides is 1. The minimum atomic E-state index is -0.211. The van der Waals surface area contributed by atoms with Crippen molar-refractivity contribution in [3.05, 3.63) is 29.6 Å². The highest BCUT2D eigenvalue weighted by Gasteiger charge is 2.23. The van der Waals surface area contributed by atoms with Crippen LogP contribution in [0, 0.1) is 5.92 Å². The highest BCUT2D eigenvalue weighted by molar-refractivity contribution is 6.29. The van der Waals surface area contributed by atoms with E-state index in [0.29, 0.717) is 11.6 Å². The smallest absolute Gasteiger partial charge is 0.233 e. The van der Waals surface area contributed by atoms with Gasteiger partial charge in [0.2, 0.25) is 11.9 Å². The standard InChI is InChI=1S/C10H11ClN4O/c11-8-3-4-13-10(14-8)15-9(16)6-1-2-7(12)5-6/h1-4,6-7H,5,12H2,(H,13,14,15,16). The number of nitrogens with zero attached hydrogens (tertiary/aromatic N) is 2. The minimum absolute atomic E-state index is 0.0453. The van der Waals surface area contributed by atoms with Crippen LogP contribution in [0.5, 0.6) is 0 Å². The van der Waals surface area contributed by atoms with Gasteiger partial charge in [-0.05, 0) is 12.5 Å². The van der Waals surface area contributed by atoms with Crippen molar-refractivity contribution < 1.29 is 4.79 Å². The van der Waals surface area contributed by atoms with Gasteiger partial charge < -0.3 is 5.73 Å². The van der Waals surface area contributed by atoms with Gasteiger partial charge in [-0.2, -0.15) is 0 Å². The van der Waals surface area contributed by atoms with Crippen molar-refractivity contribution in [3.63, 3.8) is 0 Å². The molecule has 1 aromatic rings. The lowest BCUT2D eigenvalue weighted by Gasteiger charge is -2.08. The first-order chi connectivity index (χ1) is 7.65. The third-order valence-electron chi connectivity index (χ3n) is 2.31. The third kappa shape index (κ3) is 2.56. The van der Waals surface area contributed by atoms with Gasteiger partial charge in [-0.3, -0.25) is 10.1 Å². The van der Waals surface area contributed by atoms with Crippen LogP contribution in [0.1, 0.15) is 6.42 Å². The van der Waals surface area contributed by atoms with Crippen molar-refractivity contribution >= 4 is 23.5 Å². The third-order valence-corrected chi connectivity index (χ3v) is 2.52. The summed E-state index contributed by atoms with van der Waals surface area (Å²) >= 11 is 5.67. The Labute approximate surface area is 97.7 Å². The first-order valence-electron chi connectivity index (χ1n) is 4.88. The zero-order valence-corrected chi connectivity index (χ0v) is 9.19. The highest BCUT2D eigenvalue weighted by atomic mass is 35.5. The van der Waals surface area contributed by atoms with Gasteiger partial charge in [0.1, 0.15) is 5.15 Å². The van der Waals surface area contributed by atoms with Crippen LogP contribution in [0.2, 0.25) is 5.15 Å². The maximum atomic E-state index is 11.7. The highest BCUT2D eigenvalue weighted by Crippen LogP contribution is 2.18. The summed E-state index contributed by atoms with van der Waals surface area (Å²) in [6, 6.07) is 1.50. The van der Waals surface area contributed by atoms with Crippen LogP contribution in [0.15, 0.2) is 24.4 Å². The molecule has 1 amide bonds. The molecule has 1 aromatic heterocycles. The number of nitrogens with one attached hydrogen (secondary N) is 1. The van der Waals surface area contributed by atoms with Gasteiger partial charge in [-0.15, -0.1) is 0 Å². The van der Waals surface area contributed by atoms with Crippen LogP contribution in [0.3, 0.4) is 0 Å². The van der Waals surface area contributed by atoms with Crippen LogP contribution >= 0.6 is 11.6 Å². The van der Waals surface area contributed by atoms with Crippen molar-refractivity contribution in [2.24, 2.45) is 11.7 Å². The normalized spacial score (nSPS) is 23.4. The molecular weight excluding hydrogens is 228 g/mol. The molecule has 2 rings (SSSR count). The summed E-state index contributed by atoms with van der Waals surface area (Å²) in [6.45, 7) is 0. The number of anilines is 1. The molecule has 16 heavy (non-hydrogen) atoms. The molecular formula is C10H11ClN4O. The van der Waals surface area contributed by atoms with E-state index in [1.807, 2.05) is 6.08 Å². The molecule has 0 fully saturated rings. The lowest BCUT2D eigenvalue weighted by atomic mass is 10.1. The number of hydrogen-bond acceptors (Lipinski definition) is 4. The van der Waals surface area contributed by atoms with Gasteiger partial charge in [-0.1, -0.05) is 23.8 Å². The summed E-state index contributed by atoms with van der Waals surface area (Å²) in [5, 5.41) is 2.89. The number of rotatable bonds is 2. The van der Waals surface area contributed by atoms with Gasteiger partial charge in [0.05, 0.1) is 5.92 Å². The van der Waals surface area contributed by atoms with E-state index in [-0.39, 0.29) is 23.8 Å². The van der Waals surface area contributed by atoms with Gasteiger partial charge in [0.25, 0.3) is 0 Å². The second-order valence-electron chi connectivity index (χ2n) is 3.58. The van der Waals surface area contributed by atoms with Crippen LogP contribution in [-0.4, -0.2) is 21.9 Å². The largest absolute Gasteiger partial charge is 0.324 e. The van der Waals surface area contributed by atoms with Crippen molar-refractivity contribution in [2.45, 2.75) is 12.5 Å². The van der Waals surface area contributed by atoms with E-state index in [1.54, 1.807) is 12.1 Å². The Kier molecular flexibility index (Phi) is 3.17. The van der Waals surface area contributed by atoms with Crippen molar-refractivity contribution in [2.75, 3.05) is 5.32 Å². The predicted octanol–water partition coefficient (Wildman–Crippen LogP) is 0.972. The van der Waals surface area contributed by atoms with E-state index in [2.05, 4.69) is 15.3 Å². The predicted molar refractivity (Wildman–Crippen MR) is 60.9 cm³/mol. The number of carbonyl (C=O) groups excluding carboxylic acids is 1. The summed E-state index contributed by atoms with van der Waals surface area (Å²) in [4.78, 5) is 19.5. The molecule has 1 aliphatic carbocycles.